The van der Waals surface area contributed by atoms with E-state index in [2.05, 4.69) is 0 Å². The number of nitrogens with zero attached hydrogens (tertiary/aromatic N) is 3. The summed E-state index contributed by atoms with van der Waals surface area (Å²) in [5.74, 6) is -0.342. The number of nitriles is 1. The third kappa shape index (κ3) is 4.54. The normalized spacial score (nSPS) is 9.95. The molecule has 0 bridgehead atoms. The van der Waals surface area contributed by atoms with Crippen molar-refractivity contribution >= 4 is 11.6 Å². The fourth-order valence-electron chi connectivity index (χ4n) is 1.82. The summed E-state index contributed by atoms with van der Waals surface area (Å²) in [5.41, 5.74) is 0.645. The molecular formula is C14H17N3O4. The summed E-state index contributed by atoms with van der Waals surface area (Å²) in [5, 5.41) is 19.6. The Bertz CT molecular complexity index is 566. The second-order valence-electron chi connectivity index (χ2n) is 4.45. The van der Waals surface area contributed by atoms with Crippen LogP contribution in [-0.2, 0) is 4.74 Å². The molecule has 1 aromatic rings. The van der Waals surface area contributed by atoms with Crippen LogP contribution >= 0.6 is 0 Å². The van der Waals surface area contributed by atoms with Crippen LogP contribution in [0.15, 0.2) is 18.2 Å². The van der Waals surface area contributed by atoms with Crippen molar-refractivity contribution < 1.29 is 14.5 Å². The van der Waals surface area contributed by atoms with Crippen molar-refractivity contribution in [2.45, 2.75) is 13.3 Å². The SMILES string of the molecule is COCCN(CCC#N)C(=O)c1ccc(C)c([N+](=O)[O-])c1. The van der Waals surface area contributed by atoms with Crippen molar-refractivity contribution in [2.24, 2.45) is 0 Å². The summed E-state index contributed by atoms with van der Waals surface area (Å²) in [7, 11) is 1.52. The minimum atomic E-state index is -0.513. The molecule has 112 valence electrons. The van der Waals surface area contributed by atoms with E-state index >= 15 is 0 Å². The van der Waals surface area contributed by atoms with E-state index in [1.807, 2.05) is 6.07 Å². The lowest BCUT2D eigenvalue weighted by molar-refractivity contribution is -0.385. The predicted molar refractivity (Wildman–Crippen MR) is 75.8 cm³/mol. The first-order valence-corrected chi connectivity index (χ1v) is 6.41. The van der Waals surface area contributed by atoms with Gasteiger partial charge in [-0.15, -0.1) is 0 Å². The Morgan fingerprint density at radius 3 is 2.76 bits per heavy atom. The minimum absolute atomic E-state index is 0.0900. The Kier molecular flexibility index (Phi) is 6.30. The summed E-state index contributed by atoms with van der Waals surface area (Å²) in [6, 6.07) is 6.34. The number of nitro benzene ring substituents is 1. The minimum Gasteiger partial charge on any atom is -0.383 e. The van der Waals surface area contributed by atoms with E-state index in [0.29, 0.717) is 18.7 Å². The fourth-order valence-corrected chi connectivity index (χ4v) is 1.82. The number of hydrogen-bond donors (Lipinski definition) is 0. The van der Waals surface area contributed by atoms with Gasteiger partial charge in [-0.2, -0.15) is 5.26 Å². The van der Waals surface area contributed by atoms with Crippen LogP contribution in [0, 0.1) is 28.4 Å². The zero-order valence-corrected chi connectivity index (χ0v) is 12.0. The van der Waals surface area contributed by atoms with Crippen molar-refractivity contribution in [3.8, 4) is 6.07 Å². The topological polar surface area (TPSA) is 96.5 Å². The number of aryl methyl sites for hydroxylation is 1. The van der Waals surface area contributed by atoms with Gasteiger partial charge in [0, 0.05) is 37.4 Å². The van der Waals surface area contributed by atoms with Gasteiger partial charge in [0.15, 0.2) is 0 Å². The second kappa shape index (κ2) is 7.97. The molecule has 0 unspecified atom stereocenters. The maximum absolute atomic E-state index is 12.4. The number of rotatable bonds is 7. The number of nitro groups is 1. The first kappa shape index (κ1) is 16.6. The van der Waals surface area contributed by atoms with Gasteiger partial charge in [-0.05, 0) is 13.0 Å². The molecule has 1 amide bonds. The zero-order chi connectivity index (χ0) is 15.8. The lowest BCUT2D eigenvalue weighted by Gasteiger charge is -2.21. The molecule has 0 heterocycles. The Labute approximate surface area is 122 Å². The molecule has 0 atom stereocenters. The van der Waals surface area contributed by atoms with E-state index in [4.69, 9.17) is 10.00 Å². The summed E-state index contributed by atoms with van der Waals surface area (Å²) < 4.78 is 4.93. The van der Waals surface area contributed by atoms with Crippen LogP contribution in [-0.4, -0.2) is 42.5 Å². The van der Waals surface area contributed by atoms with Crippen molar-refractivity contribution in [1.29, 1.82) is 5.26 Å². The number of hydrogen-bond acceptors (Lipinski definition) is 5. The van der Waals surface area contributed by atoms with Crippen LogP contribution in [0.5, 0.6) is 0 Å². The second-order valence-corrected chi connectivity index (χ2v) is 4.45. The lowest BCUT2D eigenvalue weighted by atomic mass is 10.1. The molecule has 0 aliphatic rings. The molecule has 0 saturated carbocycles. The van der Waals surface area contributed by atoms with Crippen LogP contribution in [0.25, 0.3) is 0 Å². The van der Waals surface area contributed by atoms with Gasteiger partial charge in [0.1, 0.15) is 0 Å². The molecule has 0 radical (unpaired) electrons. The number of carbonyl (C=O) groups is 1. The van der Waals surface area contributed by atoms with E-state index in [1.54, 1.807) is 19.1 Å². The van der Waals surface area contributed by atoms with Crippen molar-refractivity contribution in [3.05, 3.63) is 39.4 Å². The molecule has 0 aromatic heterocycles. The number of methoxy groups -OCH3 is 1. The monoisotopic (exact) mass is 291 g/mol. The summed E-state index contributed by atoms with van der Waals surface area (Å²) in [6.07, 6.45) is 0.198. The van der Waals surface area contributed by atoms with Gasteiger partial charge >= 0.3 is 0 Å². The Hall–Kier alpha value is -2.46. The van der Waals surface area contributed by atoms with Crippen molar-refractivity contribution in [2.75, 3.05) is 26.8 Å². The number of carbonyl (C=O) groups excluding carboxylic acids is 1. The lowest BCUT2D eigenvalue weighted by Crippen LogP contribution is -2.34. The summed E-state index contributed by atoms with van der Waals surface area (Å²) in [4.78, 5) is 24.3. The van der Waals surface area contributed by atoms with Crippen LogP contribution in [0.4, 0.5) is 5.69 Å². The molecule has 7 heteroatoms. The molecular weight excluding hydrogens is 274 g/mol. The van der Waals surface area contributed by atoms with Crippen LogP contribution in [0.2, 0.25) is 0 Å². The van der Waals surface area contributed by atoms with Gasteiger partial charge < -0.3 is 9.64 Å². The van der Waals surface area contributed by atoms with Gasteiger partial charge in [0.25, 0.3) is 11.6 Å². The van der Waals surface area contributed by atoms with E-state index in [-0.39, 0.29) is 30.1 Å². The number of ether oxygens (including phenoxy) is 1. The maximum atomic E-state index is 12.4. The number of amides is 1. The Morgan fingerprint density at radius 1 is 1.48 bits per heavy atom. The molecule has 0 spiro atoms. The molecule has 0 N–H and O–H groups in total. The fraction of sp³-hybridized carbons (Fsp3) is 0.429. The van der Waals surface area contributed by atoms with Gasteiger partial charge in [-0.1, -0.05) is 6.07 Å². The Balaban J connectivity index is 2.99. The van der Waals surface area contributed by atoms with Crippen molar-refractivity contribution in [1.82, 2.24) is 4.90 Å². The molecule has 0 fully saturated rings. The zero-order valence-electron chi connectivity index (χ0n) is 12.0. The smallest absolute Gasteiger partial charge is 0.273 e. The molecule has 0 aliphatic carbocycles. The largest absolute Gasteiger partial charge is 0.383 e. The molecule has 0 aliphatic heterocycles. The molecule has 21 heavy (non-hydrogen) atoms. The molecule has 7 nitrogen and oxygen atoms in total. The van der Waals surface area contributed by atoms with E-state index in [9.17, 15) is 14.9 Å². The van der Waals surface area contributed by atoms with Gasteiger partial charge in [0.05, 0.1) is 24.0 Å². The molecule has 1 aromatic carbocycles. The third-order valence-electron chi connectivity index (χ3n) is 3.00. The highest BCUT2D eigenvalue weighted by Gasteiger charge is 2.19. The van der Waals surface area contributed by atoms with E-state index in [0.717, 1.165) is 0 Å². The van der Waals surface area contributed by atoms with Crippen molar-refractivity contribution in [3.63, 3.8) is 0 Å². The van der Waals surface area contributed by atoms with E-state index < -0.39 is 4.92 Å². The maximum Gasteiger partial charge on any atom is 0.273 e. The highest BCUT2D eigenvalue weighted by molar-refractivity contribution is 5.95. The quantitative estimate of drug-likeness (QED) is 0.564. The summed E-state index contributed by atoms with van der Waals surface area (Å²) in [6.45, 7) is 2.55. The highest BCUT2D eigenvalue weighted by atomic mass is 16.6. The van der Waals surface area contributed by atoms with Gasteiger partial charge in [-0.25, -0.2) is 0 Å². The standard InChI is InChI=1S/C14H17N3O4/c1-11-4-5-12(10-13(11)17(19)20)14(18)16(7-3-6-15)8-9-21-2/h4-5,10H,3,7-9H2,1-2H3. The average Bonchev–Trinajstić information content (AvgIpc) is 2.47. The molecule has 1 rings (SSSR count). The average molecular weight is 291 g/mol. The van der Waals surface area contributed by atoms with Crippen LogP contribution in [0.1, 0.15) is 22.3 Å². The van der Waals surface area contributed by atoms with Crippen LogP contribution < -0.4 is 0 Å². The summed E-state index contributed by atoms with van der Waals surface area (Å²) >= 11 is 0. The highest BCUT2D eigenvalue weighted by Crippen LogP contribution is 2.20. The van der Waals surface area contributed by atoms with Gasteiger partial charge in [0.2, 0.25) is 0 Å². The predicted octanol–water partition coefficient (Wildman–Crippen LogP) is 1.91. The van der Waals surface area contributed by atoms with Gasteiger partial charge in [-0.3, -0.25) is 14.9 Å². The van der Waals surface area contributed by atoms with E-state index in [1.165, 1.54) is 18.1 Å². The first-order valence-electron chi connectivity index (χ1n) is 6.41. The first-order chi connectivity index (χ1) is 10.0. The number of benzene rings is 1. The third-order valence-corrected chi connectivity index (χ3v) is 3.00. The van der Waals surface area contributed by atoms with Crippen LogP contribution in [0.3, 0.4) is 0 Å². The Morgan fingerprint density at radius 2 is 2.19 bits per heavy atom. The molecule has 0 saturated heterocycles.